The molecule has 0 N–H and O–H groups in total. The van der Waals surface area contributed by atoms with Crippen LogP contribution in [0.1, 0.15) is 103 Å². The van der Waals surface area contributed by atoms with Crippen molar-refractivity contribution in [3.05, 3.63) is 11.6 Å². The highest BCUT2D eigenvalue weighted by atomic mass is 16.1. The molecule has 20 heavy (non-hydrogen) atoms. The summed E-state index contributed by atoms with van der Waals surface area (Å²) in [7, 11) is 0. The van der Waals surface area contributed by atoms with Gasteiger partial charge in [-0.2, -0.15) is 0 Å². The van der Waals surface area contributed by atoms with Gasteiger partial charge in [-0.1, -0.05) is 83.1 Å². The van der Waals surface area contributed by atoms with Crippen LogP contribution < -0.4 is 0 Å². The lowest BCUT2D eigenvalue weighted by Gasteiger charge is -2.05. The van der Waals surface area contributed by atoms with Crippen LogP contribution in [0.2, 0.25) is 0 Å². The van der Waals surface area contributed by atoms with Gasteiger partial charge in [-0.25, -0.2) is 0 Å². The van der Waals surface area contributed by atoms with E-state index in [1.165, 1.54) is 89.9 Å². The zero-order valence-corrected chi connectivity index (χ0v) is 13.4. The summed E-state index contributed by atoms with van der Waals surface area (Å²) in [6.07, 6.45) is 24.6. The van der Waals surface area contributed by atoms with Gasteiger partial charge < -0.3 is 0 Å². The first-order valence-corrected chi connectivity index (χ1v) is 9.07. The van der Waals surface area contributed by atoms with Gasteiger partial charge in [0.1, 0.15) is 6.29 Å². The van der Waals surface area contributed by atoms with Crippen molar-refractivity contribution in [2.24, 2.45) is 0 Å². The van der Waals surface area contributed by atoms with E-state index in [1.54, 1.807) is 0 Å². The number of hydrogen-bond acceptors (Lipinski definition) is 1. The smallest absolute Gasteiger partial charge is 0.145 e. The highest BCUT2D eigenvalue weighted by Gasteiger charge is 1.98. The number of carbonyl (C=O) groups excluding carboxylic acids is 1. The second-order valence-electron chi connectivity index (χ2n) is 6.39. The first-order chi connectivity index (χ1) is 9.93. The van der Waals surface area contributed by atoms with E-state index in [1.807, 2.05) is 0 Å². The molecule has 0 aromatic carbocycles. The summed E-state index contributed by atoms with van der Waals surface area (Å²) in [6.45, 7) is 0. The van der Waals surface area contributed by atoms with Gasteiger partial charge in [0.25, 0.3) is 0 Å². The summed E-state index contributed by atoms with van der Waals surface area (Å²) in [6, 6.07) is 0. The maximum Gasteiger partial charge on any atom is 0.145 e. The molecule has 0 unspecified atom stereocenters. The van der Waals surface area contributed by atoms with Crippen LogP contribution in [-0.4, -0.2) is 6.29 Å². The van der Waals surface area contributed by atoms with Gasteiger partial charge in [-0.15, -0.1) is 0 Å². The molecular formula is C19H34O. The molecule has 0 aliphatic heterocycles. The van der Waals surface area contributed by atoms with Crippen LogP contribution in [0.15, 0.2) is 11.6 Å². The van der Waals surface area contributed by atoms with Gasteiger partial charge in [0.2, 0.25) is 0 Å². The van der Waals surface area contributed by atoms with Crippen LogP contribution in [-0.2, 0) is 4.79 Å². The molecule has 0 atom stereocenters. The molecule has 0 radical (unpaired) electrons. The number of aldehydes is 1. The minimum atomic E-state index is 1.00. The van der Waals surface area contributed by atoms with E-state index in [4.69, 9.17) is 0 Å². The van der Waals surface area contributed by atoms with Crippen molar-refractivity contribution < 1.29 is 4.79 Å². The fourth-order valence-corrected chi connectivity index (χ4v) is 3.09. The quantitative estimate of drug-likeness (QED) is 0.509. The third-order valence-corrected chi connectivity index (χ3v) is 4.48. The Balaban J connectivity index is 2.24. The van der Waals surface area contributed by atoms with E-state index in [-0.39, 0.29) is 0 Å². The van der Waals surface area contributed by atoms with Crippen LogP contribution in [0, 0.1) is 0 Å². The Hall–Kier alpha value is -0.590. The average molecular weight is 278 g/mol. The van der Waals surface area contributed by atoms with Gasteiger partial charge in [0.15, 0.2) is 0 Å². The lowest BCUT2D eigenvalue weighted by molar-refractivity contribution is -0.105. The molecule has 0 amide bonds. The summed E-state index contributed by atoms with van der Waals surface area (Å²) < 4.78 is 0. The molecule has 0 aromatic heterocycles. The Labute approximate surface area is 126 Å². The van der Waals surface area contributed by atoms with Gasteiger partial charge in [-0.3, -0.25) is 4.79 Å². The zero-order valence-electron chi connectivity index (χ0n) is 13.4. The van der Waals surface area contributed by atoms with E-state index in [0.29, 0.717) is 0 Å². The van der Waals surface area contributed by atoms with Crippen LogP contribution in [0.3, 0.4) is 0 Å². The Morgan fingerprint density at radius 1 is 0.600 bits per heavy atom. The number of rotatable bonds is 1. The topological polar surface area (TPSA) is 17.1 Å². The second-order valence-corrected chi connectivity index (χ2v) is 6.39. The summed E-state index contributed by atoms with van der Waals surface area (Å²) >= 11 is 0. The largest absolute Gasteiger partial charge is 0.298 e. The Kier molecular flexibility index (Phi) is 11.7. The number of carbonyl (C=O) groups is 1. The molecule has 116 valence electrons. The molecule has 1 aliphatic rings. The van der Waals surface area contributed by atoms with E-state index in [9.17, 15) is 4.79 Å². The maximum absolute atomic E-state index is 11.0. The van der Waals surface area contributed by atoms with Gasteiger partial charge in [0.05, 0.1) is 0 Å². The standard InChI is InChI=1S/C19H34O/c20-18-19-16-14-12-10-8-6-4-2-1-3-5-7-9-11-13-15-17-19/h16,18H,1-15,17H2/b19-16+. The van der Waals surface area contributed by atoms with Crippen molar-refractivity contribution in [3.8, 4) is 0 Å². The predicted octanol–water partition coefficient (Wildman–Crippen LogP) is 6.37. The van der Waals surface area contributed by atoms with Crippen LogP contribution in [0.25, 0.3) is 0 Å². The molecule has 0 heterocycles. The molecular weight excluding hydrogens is 244 g/mol. The summed E-state index contributed by atoms with van der Waals surface area (Å²) in [5.41, 5.74) is 1.05. The molecule has 0 aromatic rings. The summed E-state index contributed by atoms with van der Waals surface area (Å²) in [4.78, 5) is 11.0. The Morgan fingerprint density at radius 2 is 1.00 bits per heavy atom. The Morgan fingerprint density at radius 3 is 1.45 bits per heavy atom. The lowest BCUT2D eigenvalue weighted by Crippen LogP contribution is -1.88. The maximum atomic E-state index is 11.0. The van der Waals surface area contributed by atoms with Crippen LogP contribution >= 0.6 is 0 Å². The summed E-state index contributed by atoms with van der Waals surface area (Å²) in [5.74, 6) is 0. The number of hydrogen-bond donors (Lipinski definition) is 0. The molecule has 1 nitrogen and oxygen atoms in total. The predicted molar refractivity (Wildman–Crippen MR) is 88.0 cm³/mol. The van der Waals surface area contributed by atoms with Crippen molar-refractivity contribution in [2.45, 2.75) is 103 Å². The van der Waals surface area contributed by atoms with E-state index >= 15 is 0 Å². The van der Waals surface area contributed by atoms with Crippen molar-refractivity contribution in [3.63, 3.8) is 0 Å². The number of allylic oxidation sites excluding steroid dienone is 2. The van der Waals surface area contributed by atoms with Crippen LogP contribution in [0.5, 0.6) is 0 Å². The van der Waals surface area contributed by atoms with E-state index in [0.717, 1.165) is 24.7 Å². The minimum Gasteiger partial charge on any atom is -0.298 e. The highest BCUT2D eigenvalue weighted by Crippen LogP contribution is 2.16. The molecule has 1 heteroatoms. The molecule has 1 rings (SSSR count). The second kappa shape index (κ2) is 13.4. The van der Waals surface area contributed by atoms with E-state index in [2.05, 4.69) is 6.08 Å². The molecule has 0 saturated heterocycles. The van der Waals surface area contributed by atoms with Gasteiger partial charge >= 0.3 is 0 Å². The van der Waals surface area contributed by atoms with Gasteiger partial charge in [0, 0.05) is 0 Å². The van der Waals surface area contributed by atoms with Crippen molar-refractivity contribution in [1.29, 1.82) is 0 Å². The Bertz CT molecular complexity index is 254. The van der Waals surface area contributed by atoms with E-state index < -0.39 is 0 Å². The first kappa shape index (κ1) is 17.5. The first-order valence-electron chi connectivity index (χ1n) is 9.07. The zero-order chi connectivity index (χ0) is 14.3. The van der Waals surface area contributed by atoms with Crippen molar-refractivity contribution in [2.75, 3.05) is 0 Å². The van der Waals surface area contributed by atoms with Crippen LogP contribution in [0.4, 0.5) is 0 Å². The SMILES string of the molecule is O=C/C1=C/CCCCCCCCCCCCCCCC1. The van der Waals surface area contributed by atoms with Gasteiger partial charge in [-0.05, 0) is 31.3 Å². The molecule has 0 saturated carbocycles. The lowest BCUT2D eigenvalue weighted by atomic mass is 10.0. The highest BCUT2D eigenvalue weighted by molar-refractivity contribution is 5.72. The third-order valence-electron chi connectivity index (χ3n) is 4.48. The molecule has 0 spiro atoms. The normalized spacial score (nSPS) is 24.9. The monoisotopic (exact) mass is 278 g/mol. The minimum absolute atomic E-state index is 1.00. The molecule has 1 aliphatic carbocycles. The average Bonchev–Trinajstić information content (AvgIpc) is 2.47. The fourth-order valence-electron chi connectivity index (χ4n) is 3.09. The molecule has 0 fully saturated rings. The third kappa shape index (κ3) is 10.2. The molecule has 0 bridgehead atoms. The van der Waals surface area contributed by atoms with Crippen molar-refractivity contribution in [1.82, 2.24) is 0 Å². The summed E-state index contributed by atoms with van der Waals surface area (Å²) in [5, 5.41) is 0. The van der Waals surface area contributed by atoms with Crippen molar-refractivity contribution >= 4 is 6.29 Å². The fraction of sp³-hybridized carbons (Fsp3) is 0.842.